The van der Waals surface area contributed by atoms with Crippen LogP contribution in [0.2, 0.25) is 0 Å². The quantitative estimate of drug-likeness (QED) is 0.709. The number of nitrogens with one attached hydrogen (secondary N) is 2. The van der Waals surface area contributed by atoms with Crippen molar-refractivity contribution >= 4 is 11.8 Å². The molecule has 1 aromatic rings. The first-order valence-electron chi connectivity index (χ1n) is 8.02. The Morgan fingerprint density at radius 3 is 2.73 bits per heavy atom. The Labute approximate surface area is 130 Å². The zero-order valence-corrected chi connectivity index (χ0v) is 12.8. The molecule has 6 heteroatoms. The predicted molar refractivity (Wildman–Crippen MR) is 83.2 cm³/mol. The van der Waals surface area contributed by atoms with Gasteiger partial charge in [-0.1, -0.05) is 19.3 Å². The van der Waals surface area contributed by atoms with Crippen molar-refractivity contribution in [3.8, 4) is 0 Å². The maximum atomic E-state index is 12.0. The van der Waals surface area contributed by atoms with E-state index in [0.29, 0.717) is 12.5 Å². The van der Waals surface area contributed by atoms with Crippen LogP contribution >= 0.6 is 0 Å². The highest BCUT2D eigenvalue weighted by molar-refractivity contribution is 5.91. The second-order valence-corrected chi connectivity index (χ2v) is 5.79. The molecule has 1 heterocycles. The summed E-state index contributed by atoms with van der Waals surface area (Å²) in [5.41, 5.74) is 5.80. The summed E-state index contributed by atoms with van der Waals surface area (Å²) in [6.45, 7) is 0.752. The molecule has 0 aromatic carbocycles. The summed E-state index contributed by atoms with van der Waals surface area (Å²) in [6.07, 6.45) is 7.68. The van der Waals surface area contributed by atoms with E-state index < -0.39 is 0 Å². The molecule has 0 radical (unpaired) electrons. The van der Waals surface area contributed by atoms with Gasteiger partial charge in [-0.15, -0.1) is 0 Å². The molecule has 1 unspecified atom stereocenters. The lowest BCUT2D eigenvalue weighted by Gasteiger charge is -2.30. The maximum Gasteiger partial charge on any atom is 0.286 e. The van der Waals surface area contributed by atoms with Crippen molar-refractivity contribution in [2.45, 2.75) is 44.6 Å². The van der Waals surface area contributed by atoms with Crippen molar-refractivity contribution in [2.24, 2.45) is 11.7 Å². The van der Waals surface area contributed by atoms with Gasteiger partial charge in [-0.05, 0) is 30.9 Å². The van der Waals surface area contributed by atoms with Gasteiger partial charge in [0.25, 0.3) is 5.91 Å². The molecule has 0 bridgehead atoms. The third-order valence-corrected chi connectivity index (χ3v) is 4.20. The molecule has 4 N–H and O–H groups in total. The van der Waals surface area contributed by atoms with Crippen molar-refractivity contribution in [2.75, 3.05) is 13.1 Å². The Morgan fingerprint density at radius 1 is 1.32 bits per heavy atom. The summed E-state index contributed by atoms with van der Waals surface area (Å²) in [7, 11) is 0. The van der Waals surface area contributed by atoms with Crippen molar-refractivity contribution < 1.29 is 14.0 Å². The topological polar surface area (TPSA) is 97.4 Å². The zero-order chi connectivity index (χ0) is 15.8. The highest BCUT2D eigenvalue weighted by atomic mass is 16.3. The number of furan rings is 1. The number of carbonyl (C=O) groups excluding carboxylic acids is 2. The summed E-state index contributed by atoms with van der Waals surface area (Å²) < 4.78 is 4.98. The van der Waals surface area contributed by atoms with Crippen LogP contribution in [0.1, 0.15) is 49.1 Å². The Kier molecular flexibility index (Phi) is 6.45. The first-order valence-corrected chi connectivity index (χ1v) is 8.02. The lowest BCUT2D eigenvalue weighted by molar-refractivity contribution is -0.122. The van der Waals surface area contributed by atoms with E-state index in [1.54, 1.807) is 12.1 Å². The Bertz CT molecular complexity index is 467. The first kappa shape index (κ1) is 16.5. The number of hydrogen-bond acceptors (Lipinski definition) is 4. The van der Waals surface area contributed by atoms with Crippen LogP contribution in [0.25, 0.3) is 0 Å². The summed E-state index contributed by atoms with van der Waals surface area (Å²) in [6, 6.07) is 3.29. The smallest absolute Gasteiger partial charge is 0.286 e. The third kappa shape index (κ3) is 4.87. The molecule has 6 nitrogen and oxygen atoms in total. The molecule has 1 fully saturated rings. The lowest BCUT2D eigenvalue weighted by atomic mass is 9.84. The largest absolute Gasteiger partial charge is 0.459 e. The molecule has 0 saturated heterocycles. The van der Waals surface area contributed by atoms with Gasteiger partial charge in [0, 0.05) is 25.6 Å². The minimum atomic E-state index is -0.305. The number of hydrogen-bond donors (Lipinski definition) is 3. The van der Waals surface area contributed by atoms with Crippen LogP contribution in [0.15, 0.2) is 22.8 Å². The van der Waals surface area contributed by atoms with Crippen LogP contribution < -0.4 is 16.4 Å². The summed E-state index contributed by atoms with van der Waals surface area (Å²) in [5, 5.41) is 5.67. The van der Waals surface area contributed by atoms with Gasteiger partial charge < -0.3 is 20.8 Å². The number of amides is 2. The number of carbonyl (C=O) groups is 2. The summed E-state index contributed by atoms with van der Waals surface area (Å²) in [5.74, 6) is 0.365. The molecule has 2 amide bonds. The fraction of sp³-hybridized carbons (Fsp3) is 0.625. The minimum Gasteiger partial charge on any atom is -0.459 e. The maximum absolute atomic E-state index is 12.0. The van der Waals surface area contributed by atoms with Gasteiger partial charge in [-0.3, -0.25) is 9.59 Å². The average molecular weight is 307 g/mol. The van der Waals surface area contributed by atoms with E-state index in [1.165, 1.54) is 25.5 Å². The lowest BCUT2D eigenvalue weighted by Crippen LogP contribution is -2.46. The summed E-state index contributed by atoms with van der Waals surface area (Å²) >= 11 is 0. The van der Waals surface area contributed by atoms with Gasteiger partial charge in [0.2, 0.25) is 5.91 Å². The fourth-order valence-corrected chi connectivity index (χ4v) is 2.97. The highest BCUT2D eigenvalue weighted by Gasteiger charge is 2.23. The number of nitrogens with two attached hydrogens (primary N) is 1. The SMILES string of the molecule is NCC(NC(=O)CCNC(=O)c1ccco1)C1CCCCC1. The molecule has 1 saturated carbocycles. The first-order chi connectivity index (χ1) is 10.7. The third-order valence-electron chi connectivity index (χ3n) is 4.20. The van der Waals surface area contributed by atoms with Crippen LogP contribution in [0.5, 0.6) is 0 Å². The van der Waals surface area contributed by atoms with Crippen LogP contribution in [-0.4, -0.2) is 30.9 Å². The Morgan fingerprint density at radius 2 is 2.09 bits per heavy atom. The van der Waals surface area contributed by atoms with Crippen molar-refractivity contribution in [3.05, 3.63) is 24.2 Å². The second kappa shape index (κ2) is 8.58. The van der Waals surface area contributed by atoms with Gasteiger partial charge >= 0.3 is 0 Å². The predicted octanol–water partition coefficient (Wildman–Crippen LogP) is 1.42. The molecule has 1 aliphatic carbocycles. The van der Waals surface area contributed by atoms with Gasteiger partial charge in [-0.2, -0.15) is 0 Å². The molecule has 2 rings (SSSR count). The fourth-order valence-electron chi connectivity index (χ4n) is 2.97. The zero-order valence-electron chi connectivity index (χ0n) is 12.8. The van der Waals surface area contributed by atoms with E-state index in [0.717, 1.165) is 12.8 Å². The monoisotopic (exact) mass is 307 g/mol. The Hall–Kier alpha value is -1.82. The molecule has 1 aliphatic rings. The van der Waals surface area contributed by atoms with Crippen LogP contribution in [0.3, 0.4) is 0 Å². The summed E-state index contributed by atoms with van der Waals surface area (Å²) in [4.78, 5) is 23.6. The normalized spacial score (nSPS) is 17.0. The van der Waals surface area contributed by atoms with E-state index in [9.17, 15) is 9.59 Å². The van der Waals surface area contributed by atoms with Crippen molar-refractivity contribution in [3.63, 3.8) is 0 Å². The van der Waals surface area contributed by atoms with Gasteiger partial charge in [0.15, 0.2) is 5.76 Å². The molecule has 1 aromatic heterocycles. The number of rotatable bonds is 7. The van der Waals surface area contributed by atoms with Crippen molar-refractivity contribution in [1.82, 2.24) is 10.6 Å². The van der Waals surface area contributed by atoms with Gasteiger partial charge in [-0.25, -0.2) is 0 Å². The molecule has 0 aliphatic heterocycles. The highest BCUT2D eigenvalue weighted by Crippen LogP contribution is 2.26. The molecular weight excluding hydrogens is 282 g/mol. The van der Waals surface area contributed by atoms with E-state index in [2.05, 4.69) is 10.6 Å². The van der Waals surface area contributed by atoms with Gasteiger partial charge in [0.1, 0.15) is 0 Å². The van der Waals surface area contributed by atoms with Crippen LogP contribution in [0, 0.1) is 5.92 Å². The van der Waals surface area contributed by atoms with E-state index in [-0.39, 0.29) is 36.6 Å². The molecule has 22 heavy (non-hydrogen) atoms. The van der Waals surface area contributed by atoms with E-state index in [1.807, 2.05) is 0 Å². The standard InChI is InChI=1S/C16H25N3O3/c17-11-13(12-5-2-1-3-6-12)19-15(20)8-9-18-16(21)14-7-4-10-22-14/h4,7,10,12-13H,1-3,5-6,8-9,11,17H2,(H,18,21)(H,19,20). The molecule has 1 atom stereocenters. The van der Waals surface area contributed by atoms with E-state index in [4.69, 9.17) is 10.2 Å². The van der Waals surface area contributed by atoms with Gasteiger partial charge in [0.05, 0.1) is 6.26 Å². The molecule has 0 spiro atoms. The molecule has 122 valence electrons. The average Bonchev–Trinajstić information content (AvgIpc) is 3.08. The Balaban J connectivity index is 1.69. The second-order valence-electron chi connectivity index (χ2n) is 5.79. The van der Waals surface area contributed by atoms with Crippen molar-refractivity contribution in [1.29, 1.82) is 0 Å². The molecular formula is C16H25N3O3. The van der Waals surface area contributed by atoms with Crippen LogP contribution in [-0.2, 0) is 4.79 Å². The minimum absolute atomic E-state index is 0.0496. The van der Waals surface area contributed by atoms with E-state index >= 15 is 0 Å². The van der Waals surface area contributed by atoms with Crippen LogP contribution in [0.4, 0.5) is 0 Å².